The Morgan fingerprint density at radius 3 is 2.00 bits per heavy atom. The summed E-state index contributed by atoms with van der Waals surface area (Å²) in [5.74, 6) is 0.550. The van der Waals surface area contributed by atoms with Crippen molar-refractivity contribution < 1.29 is 14.6 Å². The molecule has 0 heterocycles. The van der Waals surface area contributed by atoms with E-state index in [-0.39, 0.29) is 0 Å². The molecule has 0 aromatic heterocycles. The highest BCUT2D eigenvalue weighted by Crippen LogP contribution is 2.34. The summed E-state index contributed by atoms with van der Waals surface area (Å²) < 4.78 is 4.82. The summed E-state index contributed by atoms with van der Waals surface area (Å²) in [6.45, 7) is 3.36. The van der Waals surface area contributed by atoms with Crippen molar-refractivity contribution in [3.05, 3.63) is 53.6 Å². The topological polar surface area (TPSA) is 46.5 Å². The van der Waals surface area contributed by atoms with Crippen molar-refractivity contribution in [2.75, 3.05) is 0 Å². The number of hydrogen-bond donors (Lipinski definition) is 1. The molecule has 2 aromatic rings. The van der Waals surface area contributed by atoms with E-state index in [1.807, 2.05) is 24.3 Å². The summed E-state index contributed by atoms with van der Waals surface area (Å²) in [5, 5.41) is 9.78. The van der Waals surface area contributed by atoms with E-state index in [0.29, 0.717) is 16.5 Å². The van der Waals surface area contributed by atoms with Crippen LogP contribution in [-0.2, 0) is 4.79 Å². The second kappa shape index (κ2) is 6.41. The highest BCUT2D eigenvalue weighted by Gasteiger charge is 2.28. The van der Waals surface area contributed by atoms with Gasteiger partial charge < -0.3 is 9.84 Å². The number of halogens is 1. The number of carbonyl (C=O) groups is 1. The second-order valence-electron chi connectivity index (χ2n) is 4.94. The average molecular weight is 323 g/mol. The Bertz CT molecular complexity index is 621. The largest absolute Gasteiger partial charge is 0.480 e. The van der Waals surface area contributed by atoms with Crippen LogP contribution in [0.25, 0.3) is 0 Å². The minimum absolute atomic E-state index is 0.657. The normalized spacial score (nSPS) is 11.2. The highest BCUT2D eigenvalue weighted by atomic mass is 35.5. The molecule has 0 spiro atoms. The van der Waals surface area contributed by atoms with Crippen LogP contribution in [0.1, 0.15) is 13.8 Å². The molecule has 0 aliphatic rings. The Kier molecular flexibility index (Phi) is 4.80. The molecule has 2 rings (SSSR count). The van der Waals surface area contributed by atoms with Crippen molar-refractivity contribution in [2.45, 2.75) is 23.5 Å². The lowest BCUT2D eigenvalue weighted by atomic mass is 10.2. The van der Waals surface area contributed by atoms with Crippen molar-refractivity contribution in [2.24, 2.45) is 0 Å². The SMILES string of the molecule is CC(C)(Sc1ccc(Oc2ccc(Cl)cc2)cc1)C(=O)O. The van der Waals surface area contributed by atoms with Gasteiger partial charge in [-0.25, -0.2) is 0 Å². The molecule has 0 unspecified atom stereocenters. The molecular weight excluding hydrogens is 308 g/mol. The van der Waals surface area contributed by atoms with Gasteiger partial charge in [0.1, 0.15) is 16.2 Å². The lowest BCUT2D eigenvalue weighted by Crippen LogP contribution is -2.26. The van der Waals surface area contributed by atoms with E-state index in [1.54, 1.807) is 38.1 Å². The third-order valence-corrected chi connectivity index (χ3v) is 4.21. The molecule has 0 radical (unpaired) electrons. The Morgan fingerprint density at radius 2 is 1.52 bits per heavy atom. The molecule has 110 valence electrons. The molecule has 0 atom stereocenters. The summed E-state index contributed by atoms with van der Waals surface area (Å²) in [7, 11) is 0. The van der Waals surface area contributed by atoms with Crippen molar-refractivity contribution in [1.29, 1.82) is 0 Å². The fourth-order valence-electron chi connectivity index (χ4n) is 1.55. The molecule has 21 heavy (non-hydrogen) atoms. The molecule has 0 bridgehead atoms. The number of carboxylic acids is 1. The van der Waals surface area contributed by atoms with Crippen molar-refractivity contribution in [3.8, 4) is 11.5 Å². The molecule has 0 saturated carbocycles. The van der Waals surface area contributed by atoms with Crippen molar-refractivity contribution in [1.82, 2.24) is 0 Å². The third kappa shape index (κ3) is 4.41. The first-order chi connectivity index (χ1) is 9.87. The van der Waals surface area contributed by atoms with Gasteiger partial charge in [-0.2, -0.15) is 0 Å². The maximum atomic E-state index is 11.1. The molecule has 0 aliphatic carbocycles. The van der Waals surface area contributed by atoms with Crippen LogP contribution in [0.3, 0.4) is 0 Å². The number of thioether (sulfide) groups is 1. The van der Waals surface area contributed by atoms with Gasteiger partial charge in [0.2, 0.25) is 0 Å². The molecule has 5 heteroatoms. The maximum absolute atomic E-state index is 11.1. The monoisotopic (exact) mass is 322 g/mol. The van der Waals surface area contributed by atoms with Crippen LogP contribution in [-0.4, -0.2) is 15.8 Å². The number of aliphatic carboxylic acids is 1. The smallest absolute Gasteiger partial charge is 0.319 e. The molecule has 0 aliphatic heterocycles. The predicted octanol–water partition coefficient (Wildman–Crippen LogP) is 5.09. The minimum atomic E-state index is -0.863. The minimum Gasteiger partial charge on any atom is -0.480 e. The summed E-state index contributed by atoms with van der Waals surface area (Å²) >= 11 is 7.11. The summed E-state index contributed by atoms with van der Waals surface area (Å²) in [4.78, 5) is 12.0. The standard InChI is InChI=1S/C16H15ClO3S/c1-16(2,15(18)19)21-14-9-7-13(8-10-14)20-12-5-3-11(17)4-6-12/h3-10H,1-2H3,(H,18,19). The summed E-state index contributed by atoms with van der Waals surface area (Å²) in [6, 6.07) is 14.4. The van der Waals surface area contributed by atoms with Crippen LogP contribution in [0, 0.1) is 0 Å². The number of carboxylic acid groups (broad SMARTS) is 1. The van der Waals surface area contributed by atoms with Crippen LogP contribution in [0.4, 0.5) is 0 Å². The summed E-state index contributed by atoms with van der Waals surface area (Å²) in [5.41, 5.74) is 0. The fourth-order valence-corrected chi connectivity index (χ4v) is 2.63. The van der Waals surface area contributed by atoms with Crippen molar-refractivity contribution >= 4 is 29.3 Å². The van der Waals surface area contributed by atoms with E-state index >= 15 is 0 Å². The van der Waals surface area contributed by atoms with Gasteiger partial charge in [0.15, 0.2) is 0 Å². The third-order valence-electron chi connectivity index (χ3n) is 2.76. The van der Waals surface area contributed by atoms with Gasteiger partial charge >= 0.3 is 5.97 Å². The van der Waals surface area contributed by atoms with Crippen molar-refractivity contribution in [3.63, 3.8) is 0 Å². The highest BCUT2D eigenvalue weighted by molar-refractivity contribution is 8.01. The Morgan fingerprint density at radius 1 is 1.05 bits per heavy atom. The fraction of sp³-hybridized carbons (Fsp3) is 0.188. The number of benzene rings is 2. The van der Waals surface area contributed by atoms with E-state index in [0.717, 1.165) is 4.90 Å². The number of ether oxygens (including phenoxy) is 1. The average Bonchev–Trinajstić information content (AvgIpc) is 2.43. The number of hydrogen-bond acceptors (Lipinski definition) is 3. The second-order valence-corrected chi connectivity index (χ2v) is 7.08. The molecule has 3 nitrogen and oxygen atoms in total. The van der Waals surface area contributed by atoms with Crippen LogP contribution >= 0.6 is 23.4 Å². The van der Waals surface area contributed by atoms with Gasteiger partial charge in [-0.15, -0.1) is 11.8 Å². The zero-order chi connectivity index (χ0) is 15.5. The zero-order valence-corrected chi connectivity index (χ0v) is 13.2. The lowest BCUT2D eigenvalue weighted by molar-refractivity contribution is -0.138. The molecule has 0 saturated heterocycles. The van der Waals surface area contributed by atoms with Crippen LogP contribution < -0.4 is 4.74 Å². The molecule has 2 aromatic carbocycles. The van der Waals surface area contributed by atoms with E-state index < -0.39 is 10.7 Å². The Labute approximate surface area is 132 Å². The van der Waals surface area contributed by atoms with E-state index in [1.165, 1.54) is 11.8 Å². The van der Waals surface area contributed by atoms with Crippen LogP contribution in [0.15, 0.2) is 53.4 Å². The maximum Gasteiger partial charge on any atom is 0.319 e. The van der Waals surface area contributed by atoms with E-state index in [4.69, 9.17) is 21.4 Å². The lowest BCUT2D eigenvalue weighted by Gasteiger charge is -2.18. The molecule has 1 N–H and O–H groups in total. The molecular formula is C16H15ClO3S. The first-order valence-corrected chi connectivity index (χ1v) is 7.52. The Hall–Kier alpha value is -1.65. The van der Waals surface area contributed by atoms with Crippen LogP contribution in [0.5, 0.6) is 11.5 Å². The van der Waals surface area contributed by atoms with Gasteiger partial charge in [0.05, 0.1) is 0 Å². The van der Waals surface area contributed by atoms with Gasteiger partial charge in [-0.1, -0.05) is 11.6 Å². The Balaban J connectivity index is 2.05. The van der Waals surface area contributed by atoms with Crippen LogP contribution in [0.2, 0.25) is 5.02 Å². The molecule has 0 amide bonds. The van der Waals surface area contributed by atoms with Gasteiger partial charge in [-0.3, -0.25) is 4.79 Å². The van der Waals surface area contributed by atoms with Gasteiger partial charge in [0.25, 0.3) is 0 Å². The zero-order valence-electron chi connectivity index (χ0n) is 11.7. The van der Waals surface area contributed by atoms with Gasteiger partial charge in [0, 0.05) is 9.92 Å². The first kappa shape index (κ1) is 15.7. The van der Waals surface area contributed by atoms with E-state index in [2.05, 4.69) is 0 Å². The number of rotatable bonds is 5. The van der Waals surface area contributed by atoms with Gasteiger partial charge in [-0.05, 0) is 62.4 Å². The van der Waals surface area contributed by atoms with E-state index in [9.17, 15) is 4.79 Å². The summed E-state index contributed by atoms with van der Waals surface area (Å²) in [6.07, 6.45) is 0. The predicted molar refractivity (Wildman–Crippen MR) is 85.5 cm³/mol. The first-order valence-electron chi connectivity index (χ1n) is 6.33. The quantitative estimate of drug-likeness (QED) is 0.779. The molecule has 0 fully saturated rings.